The van der Waals surface area contributed by atoms with E-state index in [0.717, 1.165) is 15.9 Å². The van der Waals surface area contributed by atoms with E-state index in [1.165, 1.54) is 36.4 Å². The molecule has 6 atom stereocenters. The molecule has 2 aromatic rings. The van der Waals surface area contributed by atoms with E-state index >= 15 is 0 Å². The summed E-state index contributed by atoms with van der Waals surface area (Å²) in [6.45, 7) is 0. The first-order chi connectivity index (χ1) is 19.4. The van der Waals surface area contributed by atoms with Gasteiger partial charge in [-0.25, -0.2) is 4.90 Å². The van der Waals surface area contributed by atoms with Crippen LogP contribution < -0.4 is 4.90 Å². The molecule has 4 amide bonds. The Morgan fingerprint density at radius 2 is 1.78 bits per heavy atom. The summed E-state index contributed by atoms with van der Waals surface area (Å²) in [6, 6.07) is 9.43. The Morgan fingerprint density at radius 3 is 2.46 bits per heavy atom. The smallest absolute Gasteiger partial charge is 0.271 e. The number of hydrogen-bond donors (Lipinski definition) is 1. The third kappa shape index (κ3) is 3.68. The van der Waals surface area contributed by atoms with E-state index in [9.17, 15) is 34.4 Å². The van der Waals surface area contributed by atoms with E-state index in [1.807, 2.05) is 0 Å². The lowest BCUT2D eigenvalue weighted by atomic mass is 9.56. The molecule has 2 aromatic carbocycles. The fourth-order valence-electron chi connectivity index (χ4n) is 6.86. The summed E-state index contributed by atoms with van der Waals surface area (Å²) in [5, 5.41) is 22.5. The van der Waals surface area contributed by atoms with Gasteiger partial charge in [0.05, 0.1) is 27.9 Å². The van der Waals surface area contributed by atoms with Gasteiger partial charge in [-0.3, -0.25) is 34.2 Å². The van der Waals surface area contributed by atoms with Gasteiger partial charge in [0, 0.05) is 28.6 Å². The topological polar surface area (TPSA) is 138 Å². The van der Waals surface area contributed by atoms with Crippen molar-refractivity contribution < 1.29 is 29.2 Å². The Bertz CT molecular complexity index is 1620. The number of non-ortho nitro benzene ring substituents is 1. The number of fused-ring (bicyclic) bond motifs is 4. The predicted molar refractivity (Wildman–Crippen MR) is 152 cm³/mol. The molecule has 0 unspecified atom stereocenters. The first kappa shape index (κ1) is 28.1. The molecule has 0 bridgehead atoms. The third-order valence-electron chi connectivity index (χ3n) is 8.61. The number of anilines is 1. The van der Waals surface area contributed by atoms with Crippen molar-refractivity contribution in [1.82, 2.24) is 4.90 Å². The molecule has 3 fully saturated rings. The van der Waals surface area contributed by atoms with Crippen LogP contribution in [0.5, 0.6) is 5.75 Å². The molecule has 212 valence electrons. The predicted octanol–water partition coefficient (Wildman–Crippen LogP) is 4.87. The monoisotopic (exact) mass is 681 g/mol. The maximum absolute atomic E-state index is 14.0. The molecule has 2 aliphatic carbocycles. The molecule has 2 aliphatic heterocycles. The number of nitrogens with zero attached hydrogens (tertiary/aromatic N) is 3. The number of hydrogen-bond acceptors (Lipinski definition) is 7. The van der Waals surface area contributed by atoms with E-state index in [-0.39, 0.29) is 46.0 Å². The summed E-state index contributed by atoms with van der Waals surface area (Å²) in [5.74, 6) is -6.77. The van der Waals surface area contributed by atoms with Crippen LogP contribution in [0.4, 0.5) is 11.4 Å². The second-order valence-corrected chi connectivity index (χ2v) is 12.7. The molecule has 1 N–H and O–H groups in total. The van der Waals surface area contributed by atoms with E-state index in [4.69, 9.17) is 34.8 Å². The molecule has 1 saturated carbocycles. The zero-order valence-electron chi connectivity index (χ0n) is 20.8. The summed E-state index contributed by atoms with van der Waals surface area (Å²) in [6.07, 6.45) is 1.57. The quantitative estimate of drug-likeness (QED) is 0.121. The molecular weight excluding hydrogens is 665 g/mol. The largest absolute Gasteiger partial charge is 0.508 e. The minimum Gasteiger partial charge on any atom is -0.508 e. The third-order valence-corrected chi connectivity index (χ3v) is 10.8. The number of rotatable bonds is 4. The highest BCUT2D eigenvalue weighted by atomic mass is 79.9. The normalized spacial score (nSPS) is 32.5. The van der Waals surface area contributed by atoms with Gasteiger partial charge in [0.1, 0.15) is 5.75 Å². The summed E-state index contributed by atoms with van der Waals surface area (Å²) in [4.78, 5) is 63.4. The highest BCUT2D eigenvalue weighted by Crippen LogP contribution is 2.66. The van der Waals surface area contributed by atoms with E-state index in [2.05, 4.69) is 15.9 Å². The number of amides is 4. The second-order valence-electron chi connectivity index (χ2n) is 10.5. The Balaban J connectivity index is 1.52. The van der Waals surface area contributed by atoms with E-state index in [1.54, 1.807) is 6.08 Å². The van der Waals surface area contributed by atoms with Crippen molar-refractivity contribution in [2.45, 2.75) is 28.5 Å². The Hall–Kier alpha value is -2.99. The van der Waals surface area contributed by atoms with Crippen LogP contribution in [0, 0.1) is 27.9 Å². The minimum atomic E-state index is -2.08. The minimum absolute atomic E-state index is 0.0508. The summed E-state index contributed by atoms with van der Waals surface area (Å²) in [7, 11) is 0. The van der Waals surface area contributed by atoms with Crippen molar-refractivity contribution in [1.29, 1.82) is 0 Å². The van der Waals surface area contributed by atoms with Crippen LogP contribution in [0.1, 0.15) is 24.3 Å². The fraction of sp³-hybridized carbons (Fsp3) is 0.333. The van der Waals surface area contributed by atoms with Gasteiger partial charge in [-0.2, -0.15) is 0 Å². The first-order valence-corrected chi connectivity index (χ1v) is 14.7. The van der Waals surface area contributed by atoms with Crippen LogP contribution in [0.25, 0.3) is 0 Å². The van der Waals surface area contributed by atoms with Crippen molar-refractivity contribution in [2.24, 2.45) is 17.8 Å². The number of aromatic hydroxyl groups is 1. The molecule has 14 heteroatoms. The van der Waals surface area contributed by atoms with Gasteiger partial charge in [-0.05, 0) is 43.0 Å². The van der Waals surface area contributed by atoms with Gasteiger partial charge in [0.15, 0.2) is 9.75 Å². The Morgan fingerprint density at radius 1 is 1.05 bits per heavy atom. The zero-order valence-corrected chi connectivity index (χ0v) is 24.7. The van der Waals surface area contributed by atoms with Gasteiger partial charge in [-0.15, -0.1) is 23.2 Å². The maximum Gasteiger partial charge on any atom is 0.271 e. The lowest BCUT2D eigenvalue weighted by molar-refractivity contribution is -0.384. The number of nitro benzene ring substituents is 1. The molecule has 2 saturated heterocycles. The number of halogens is 4. The van der Waals surface area contributed by atoms with Gasteiger partial charge in [0.25, 0.3) is 17.5 Å². The van der Waals surface area contributed by atoms with Crippen LogP contribution in [-0.2, 0) is 19.2 Å². The first-order valence-electron chi connectivity index (χ1n) is 12.5. The van der Waals surface area contributed by atoms with Crippen molar-refractivity contribution in [2.75, 3.05) is 10.4 Å². The number of carbonyl (C=O) groups is 4. The van der Waals surface area contributed by atoms with Gasteiger partial charge in [0.2, 0.25) is 11.8 Å². The highest BCUT2D eigenvalue weighted by Gasteiger charge is 2.76. The molecule has 6 rings (SSSR count). The molecule has 2 heterocycles. The molecule has 0 radical (unpaired) electrons. The van der Waals surface area contributed by atoms with Crippen molar-refractivity contribution >= 4 is 85.7 Å². The van der Waals surface area contributed by atoms with Crippen molar-refractivity contribution in [3.63, 3.8) is 0 Å². The standard InChI is InChI=1S/C27H19BrCl3N3O7/c28-11-32-24(38)26(30)10-18-15(21(27(26,31)25(32)39)17-8-12(29)4-7-19(17)35)5-6-16-20(18)23(37)33(22(16)36)13-2-1-3-14(9-13)34(40)41/h1-5,7-9,16,18,20-21,35H,6,10-11H2/t16-,18+,20-,21+,26+,27-/m0/s1. The van der Waals surface area contributed by atoms with E-state index < -0.39 is 62.0 Å². The van der Waals surface area contributed by atoms with Crippen LogP contribution in [0.3, 0.4) is 0 Å². The highest BCUT2D eigenvalue weighted by molar-refractivity contribution is 9.09. The summed E-state index contributed by atoms with van der Waals surface area (Å²) >= 11 is 23.7. The fourth-order valence-corrected chi connectivity index (χ4v) is 8.45. The van der Waals surface area contributed by atoms with Gasteiger partial charge >= 0.3 is 0 Å². The number of imide groups is 2. The molecule has 0 spiro atoms. The number of phenolic OH excluding ortho intramolecular Hbond substituents is 1. The molecule has 4 aliphatic rings. The Kier molecular flexibility index (Phi) is 6.53. The SMILES string of the molecule is O=C1[C@H]2[C@H](CC=C3[C@H]2C[C@@]2(Cl)C(=O)N(CBr)C(=O)[C@@]2(Cl)[C@H]3c2cc(Cl)ccc2O)C(=O)N1c1cccc([N+](=O)[O-])c1. The van der Waals surface area contributed by atoms with Crippen LogP contribution >= 0.6 is 50.7 Å². The maximum atomic E-state index is 14.0. The van der Waals surface area contributed by atoms with Gasteiger partial charge in [-0.1, -0.05) is 45.2 Å². The summed E-state index contributed by atoms with van der Waals surface area (Å²) < 4.78 is 0. The zero-order chi connectivity index (χ0) is 29.6. The summed E-state index contributed by atoms with van der Waals surface area (Å²) in [5.41, 5.74) is 0.208. The molecule has 41 heavy (non-hydrogen) atoms. The molecular formula is C27H19BrCl3N3O7. The number of allylic oxidation sites excluding steroid dienone is 2. The van der Waals surface area contributed by atoms with Crippen LogP contribution in [0.15, 0.2) is 54.1 Å². The number of carbonyl (C=O) groups excluding carboxylic acids is 4. The second kappa shape index (κ2) is 9.52. The Labute approximate surface area is 256 Å². The average Bonchev–Trinajstić information content (AvgIpc) is 3.28. The molecule has 0 aromatic heterocycles. The van der Waals surface area contributed by atoms with Gasteiger partial charge < -0.3 is 5.11 Å². The van der Waals surface area contributed by atoms with E-state index in [0.29, 0.717) is 5.57 Å². The van der Waals surface area contributed by atoms with Crippen molar-refractivity contribution in [3.05, 3.63) is 74.8 Å². The number of nitro groups is 1. The van der Waals surface area contributed by atoms with Crippen LogP contribution in [0.2, 0.25) is 5.02 Å². The number of likely N-dealkylation sites (tertiary alicyclic amines) is 1. The number of phenols is 1. The number of benzene rings is 2. The van der Waals surface area contributed by atoms with Crippen LogP contribution in [-0.4, -0.2) is 53.8 Å². The van der Waals surface area contributed by atoms with Crippen molar-refractivity contribution in [3.8, 4) is 5.75 Å². The lowest BCUT2D eigenvalue weighted by Crippen LogP contribution is -2.60. The average molecular weight is 684 g/mol. The molecule has 10 nitrogen and oxygen atoms in total. The number of alkyl halides is 3. The lowest BCUT2D eigenvalue weighted by Gasteiger charge is -2.50.